The first-order valence-electron chi connectivity index (χ1n) is 9.38. The zero-order chi connectivity index (χ0) is 21.0. The third-order valence-electron chi connectivity index (χ3n) is 4.43. The van der Waals surface area contributed by atoms with Crippen molar-refractivity contribution in [3.63, 3.8) is 0 Å². The molecule has 6 nitrogen and oxygen atoms in total. The van der Waals surface area contributed by atoms with Crippen LogP contribution in [0.15, 0.2) is 59.8 Å². The van der Waals surface area contributed by atoms with Crippen LogP contribution >= 0.6 is 12.2 Å². The van der Waals surface area contributed by atoms with Gasteiger partial charge in [0.1, 0.15) is 0 Å². The average molecular weight is 412 g/mol. The summed E-state index contributed by atoms with van der Waals surface area (Å²) < 4.78 is 11.3. The van der Waals surface area contributed by atoms with Crippen molar-refractivity contribution in [2.45, 2.75) is 32.9 Å². The van der Waals surface area contributed by atoms with Gasteiger partial charge in [-0.15, -0.1) is 0 Å². The average Bonchev–Trinajstić information content (AvgIpc) is 2.68. The molecule has 1 atom stereocenters. The van der Waals surface area contributed by atoms with Crippen LogP contribution in [0.3, 0.4) is 0 Å². The molecule has 0 saturated heterocycles. The molecule has 0 aliphatic carbocycles. The van der Waals surface area contributed by atoms with Crippen LogP contribution in [-0.4, -0.2) is 24.2 Å². The van der Waals surface area contributed by atoms with Crippen molar-refractivity contribution in [3.05, 3.63) is 65.4 Å². The second-order valence-corrected chi connectivity index (χ2v) is 7.38. The van der Waals surface area contributed by atoms with Crippen LogP contribution in [0.4, 0.5) is 5.69 Å². The van der Waals surface area contributed by atoms with Crippen LogP contribution < -0.4 is 25.4 Å². The Morgan fingerprint density at radius 2 is 1.86 bits per heavy atom. The molecule has 0 fully saturated rings. The number of para-hydroxylation sites is 1. The number of carbonyl (C=O) groups is 1. The molecule has 0 bridgehead atoms. The molecule has 29 heavy (non-hydrogen) atoms. The highest BCUT2D eigenvalue weighted by atomic mass is 32.1. The van der Waals surface area contributed by atoms with Crippen LogP contribution in [0, 0.1) is 0 Å². The molecule has 7 heteroatoms. The van der Waals surface area contributed by atoms with Gasteiger partial charge >= 0.3 is 0 Å². The Kier molecular flexibility index (Phi) is 6.39. The summed E-state index contributed by atoms with van der Waals surface area (Å²) in [5.41, 5.74) is 2.83. The monoisotopic (exact) mass is 411 g/mol. The molecule has 0 aromatic heterocycles. The molecule has 0 radical (unpaired) electrons. The number of carbonyl (C=O) groups excluding carboxylic acids is 1. The fraction of sp³-hybridized carbons (Fsp3) is 0.273. The summed E-state index contributed by atoms with van der Waals surface area (Å²) in [5, 5.41) is 9.65. The molecular weight excluding hydrogens is 386 g/mol. The normalized spacial score (nSPS) is 16.2. The van der Waals surface area contributed by atoms with Crippen molar-refractivity contribution >= 4 is 28.9 Å². The van der Waals surface area contributed by atoms with Crippen molar-refractivity contribution in [1.29, 1.82) is 0 Å². The van der Waals surface area contributed by atoms with E-state index in [4.69, 9.17) is 21.7 Å². The molecule has 3 rings (SSSR count). The van der Waals surface area contributed by atoms with Gasteiger partial charge in [-0.05, 0) is 62.8 Å². The number of rotatable bonds is 6. The first-order valence-corrected chi connectivity index (χ1v) is 9.79. The van der Waals surface area contributed by atoms with Crippen LogP contribution in [0.25, 0.3) is 0 Å². The van der Waals surface area contributed by atoms with E-state index in [2.05, 4.69) is 16.0 Å². The van der Waals surface area contributed by atoms with Gasteiger partial charge in [-0.2, -0.15) is 0 Å². The number of nitrogens with one attached hydrogen (secondary N) is 3. The lowest BCUT2D eigenvalue weighted by Gasteiger charge is -2.30. The smallest absolute Gasteiger partial charge is 0.255 e. The minimum atomic E-state index is -0.422. The van der Waals surface area contributed by atoms with Gasteiger partial charge in [-0.25, -0.2) is 0 Å². The Bertz CT molecular complexity index is 942. The number of anilines is 1. The topological polar surface area (TPSA) is 71.6 Å². The van der Waals surface area contributed by atoms with Crippen molar-refractivity contribution < 1.29 is 14.3 Å². The lowest BCUT2D eigenvalue weighted by molar-refractivity contribution is -0.113. The van der Waals surface area contributed by atoms with Crippen molar-refractivity contribution in [1.82, 2.24) is 10.6 Å². The summed E-state index contributed by atoms with van der Waals surface area (Å²) in [6.45, 7) is 5.75. The second kappa shape index (κ2) is 8.96. The fourth-order valence-electron chi connectivity index (χ4n) is 3.18. The Hall–Kier alpha value is -3.06. The molecule has 0 spiro atoms. The largest absolute Gasteiger partial charge is 0.493 e. The summed E-state index contributed by atoms with van der Waals surface area (Å²) in [6.07, 6.45) is 0.0219. The zero-order valence-electron chi connectivity index (χ0n) is 16.9. The summed E-state index contributed by atoms with van der Waals surface area (Å²) in [7, 11) is 1.59. The molecule has 1 amide bonds. The number of hydrogen-bond acceptors (Lipinski definition) is 4. The highest BCUT2D eigenvalue weighted by Gasteiger charge is 2.30. The highest BCUT2D eigenvalue weighted by Crippen LogP contribution is 2.35. The van der Waals surface area contributed by atoms with E-state index >= 15 is 0 Å². The lowest BCUT2D eigenvalue weighted by Crippen LogP contribution is -2.45. The molecule has 0 unspecified atom stereocenters. The first kappa shape index (κ1) is 20.7. The quantitative estimate of drug-likeness (QED) is 0.626. The number of amides is 1. The number of benzene rings is 2. The summed E-state index contributed by atoms with van der Waals surface area (Å²) in [5.74, 6) is 1.05. The van der Waals surface area contributed by atoms with Crippen molar-refractivity contribution in [2.75, 3.05) is 12.4 Å². The minimum Gasteiger partial charge on any atom is -0.493 e. The molecule has 2 aromatic carbocycles. The number of ether oxygens (including phenoxy) is 2. The van der Waals surface area contributed by atoms with E-state index in [9.17, 15) is 4.79 Å². The molecule has 0 saturated carbocycles. The van der Waals surface area contributed by atoms with Gasteiger partial charge in [0, 0.05) is 11.4 Å². The van der Waals surface area contributed by atoms with E-state index in [0.717, 1.165) is 11.3 Å². The van der Waals surface area contributed by atoms with Crippen LogP contribution in [0.1, 0.15) is 32.4 Å². The first-order chi connectivity index (χ1) is 13.9. The van der Waals surface area contributed by atoms with Gasteiger partial charge in [0.25, 0.3) is 5.91 Å². The van der Waals surface area contributed by atoms with E-state index < -0.39 is 6.04 Å². The molecule has 2 aromatic rings. The second-order valence-electron chi connectivity index (χ2n) is 6.97. The molecule has 1 heterocycles. The van der Waals surface area contributed by atoms with Gasteiger partial charge in [0.2, 0.25) is 0 Å². The fourth-order valence-corrected chi connectivity index (χ4v) is 3.45. The molecule has 152 valence electrons. The highest BCUT2D eigenvalue weighted by molar-refractivity contribution is 7.80. The van der Waals surface area contributed by atoms with Crippen molar-refractivity contribution in [3.8, 4) is 11.5 Å². The number of hydrogen-bond donors (Lipinski definition) is 3. The van der Waals surface area contributed by atoms with Crippen molar-refractivity contribution in [2.24, 2.45) is 0 Å². The van der Waals surface area contributed by atoms with Gasteiger partial charge in [0.05, 0.1) is 24.8 Å². The molecular formula is C22H25N3O3S. The van der Waals surface area contributed by atoms with E-state index in [0.29, 0.717) is 27.9 Å². The lowest BCUT2D eigenvalue weighted by atomic mass is 9.94. The van der Waals surface area contributed by atoms with E-state index in [1.54, 1.807) is 7.11 Å². The van der Waals surface area contributed by atoms with Crippen LogP contribution in [-0.2, 0) is 4.79 Å². The predicted octanol–water partition coefficient (Wildman–Crippen LogP) is 3.91. The maximum absolute atomic E-state index is 13.1. The Morgan fingerprint density at radius 3 is 2.52 bits per heavy atom. The Labute approximate surface area is 176 Å². The maximum atomic E-state index is 13.1. The van der Waals surface area contributed by atoms with Gasteiger partial charge in [0.15, 0.2) is 16.6 Å². The van der Waals surface area contributed by atoms with E-state index in [1.165, 1.54) is 0 Å². The minimum absolute atomic E-state index is 0.0219. The standard InChI is InChI=1S/C22H25N3O3S/c1-13(2)28-17-11-10-15(12-18(17)27-4)20-19(14(3)23-22(29)25-20)21(26)24-16-8-6-5-7-9-16/h5-13,20H,1-4H3,(H,24,26)(H2,23,25,29)/t20-/m0/s1. The summed E-state index contributed by atoms with van der Waals surface area (Å²) in [6, 6.07) is 14.5. The molecule has 1 aliphatic heterocycles. The molecule has 3 N–H and O–H groups in total. The van der Waals surface area contributed by atoms with Gasteiger partial charge in [-0.1, -0.05) is 24.3 Å². The predicted molar refractivity (Wildman–Crippen MR) is 118 cm³/mol. The van der Waals surface area contributed by atoms with Gasteiger partial charge < -0.3 is 25.4 Å². The third-order valence-corrected chi connectivity index (χ3v) is 4.65. The summed E-state index contributed by atoms with van der Waals surface area (Å²) in [4.78, 5) is 13.1. The summed E-state index contributed by atoms with van der Waals surface area (Å²) >= 11 is 5.33. The number of methoxy groups -OCH3 is 1. The SMILES string of the molecule is COc1cc([C@@H]2NC(=S)NC(C)=C2C(=O)Nc2ccccc2)ccc1OC(C)C. The zero-order valence-corrected chi connectivity index (χ0v) is 17.7. The van der Waals surface area contributed by atoms with Crippen LogP contribution in [0.5, 0.6) is 11.5 Å². The van der Waals surface area contributed by atoms with E-state index in [1.807, 2.05) is 69.3 Å². The van der Waals surface area contributed by atoms with E-state index in [-0.39, 0.29) is 12.0 Å². The third kappa shape index (κ3) is 4.86. The Balaban J connectivity index is 1.96. The number of thiocarbonyl (C=S) groups is 1. The van der Waals surface area contributed by atoms with Gasteiger partial charge in [-0.3, -0.25) is 4.79 Å². The van der Waals surface area contributed by atoms with Crippen LogP contribution in [0.2, 0.25) is 0 Å². The number of allylic oxidation sites excluding steroid dienone is 1. The Morgan fingerprint density at radius 1 is 1.14 bits per heavy atom. The maximum Gasteiger partial charge on any atom is 0.255 e. The molecule has 1 aliphatic rings.